The number of hydrogen-bond donors (Lipinski definition) is 2. The topological polar surface area (TPSA) is 73.1 Å². The highest BCUT2D eigenvalue weighted by molar-refractivity contribution is 14.0. The van der Waals surface area contributed by atoms with Gasteiger partial charge in [0, 0.05) is 30.2 Å². The van der Waals surface area contributed by atoms with Gasteiger partial charge in [0.15, 0.2) is 5.96 Å². The Hall–Kier alpha value is -2.73. The van der Waals surface area contributed by atoms with Gasteiger partial charge in [-0.25, -0.2) is 9.38 Å². The van der Waals surface area contributed by atoms with Gasteiger partial charge in [0.1, 0.15) is 5.82 Å². The van der Waals surface area contributed by atoms with E-state index in [0.29, 0.717) is 30.2 Å². The van der Waals surface area contributed by atoms with Gasteiger partial charge in [-0.2, -0.15) is 5.26 Å². The summed E-state index contributed by atoms with van der Waals surface area (Å²) >= 11 is 0. The second-order valence-electron chi connectivity index (χ2n) is 5.95. The van der Waals surface area contributed by atoms with Gasteiger partial charge in [0.2, 0.25) is 0 Å². The zero-order valence-electron chi connectivity index (χ0n) is 15.4. The molecular weight excluding hydrogens is 468 g/mol. The van der Waals surface area contributed by atoms with E-state index in [1.807, 2.05) is 43.3 Å². The molecule has 0 saturated heterocycles. The van der Waals surface area contributed by atoms with Crippen LogP contribution in [0.15, 0.2) is 59.7 Å². The summed E-state index contributed by atoms with van der Waals surface area (Å²) in [5.74, 6) is 0.217. The highest BCUT2D eigenvalue weighted by Gasteiger charge is 2.06. The van der Waals surface area contributed by atoms with Crippen LogP contribution in [0.2, 0.25) is 0 Å². The number of guanidine groups is 1. The Balaban J connectivity index is 0.00000280. The van der Waals surface area contributed by atoms with Gasteiger partial charge < -0.3 is 10.6 Å². The maximum absolute atomic E-state index is 13.9. The van der Waals surface area contributed by atoms with Crippen molar-refractivity contribution < 1.29 is 4.39 Å². The van der Waals surface area contributed by atoms with E-state index in [4.69, 9.17) is 5.26 Å². The number of aliphatic imine (C=N–C) groups is 1. The average molecular weight is 489 g/mol. The molecule has 0 atom stereocenters. The molecule has 1 aromatic heterocycles. The molecule has 0 radical (unpaired) electrons. The van der Waals surface area contributed by atoms with E-state index >= 15 is 0 Å². The molecule has 7 heteroatoms. The van der Waals surface area contributed by atoms with Crippen LogP contribution in [0.5, 0.6) is 0 Å². The van der Waals surface area contributed by atoms with Crippen molar-refractivity contribution >= 4 is 40.8 Å². The third-order valence-corrected chi connectivity index (χ3v) is 4.11. The summed E-state index contributed by atoms with van der Waals surface area (Å²) < 4.78 is 13.9. The quantitative estimate of drug-likeness (QED) is 0.322. The first kappa shape index (κ1) is 21.6. The molecule has 1 heterocycles. The molecule has 144 valence electrons. The fourth-order valence-electron chi connectivity index (χ4n) is 2.76. The van der Waals surface area contributed by atoms with Crippen LogP contribution < -0.4 is 10.6 Å². The third kappa shape index (κ3) is 5.39. The van der Waals surface area contributed by atoms with Gasteiger partial charge in [-0.1, -0.05) is 18.2 Å². The lowest BCUT2D eigenvalue weighted by Gasteiger charge is -2.13. The summed E-state index contributed by atoms with van der Waals surface area (Å²) in [6.45, 7) is 3.36. The molecular formula is C21H21FIN5. The lowest BCUT2D eigenvalue weighted by molar-refractivity contribution is 0.610. The Kier molecular flexibility index (Phi) is 8.14. The van der Waals surface area contributed by atoms with Crippen LogP contribution in [0.4, 0.5) is 4.39 Å². The molecule has 3 aromatic rings. The molecule has 0 amide bonds. The number of nitrogens with one attached hydrogen (secondary N) is 2. The van der Waals surface area contributed by atoms with Crippen molar-refractivity contribution in [2.24, 2.45) is 4.99 Å². The molecule has 0 saturated carbocycles. The first-order chi connectivity index (χ1) is 13.2. The number of nitriles is 1. The van der Waals surface area contributed by atoms with Crippen LogP contribution >= 0.6 is 24.0 Å². The SMILES string of the molecule is CCNC(=NCc1cc(C#N)ccc1F)NCc1ccnc2ccccc12.I. The van der Waals surface area contributed by atoms with Crippen LogP contribution in [-0.2, 0) is 13.1 Å². The van der Waals surface area contributed by atoms with Gasteiger partial charge in [0.25, 0.3) is 0 Å². The van der Waals surface area contributed by atoms with Crippen molar-refractivity contribution in [3.05, 3.63) is 77.2 Å². The Morgan fingerprint density at radius 2 is 1.96 bits per heavy atom. The first-order valence-electron chi connectivity index (χ1n) is 8.74. The lowest BCUT2D eigenvalue weighted by atomic mass is 10.1. The summed E-state index contributed by atoms with van der Waals surface area (Å²) in [4.78, 5) is 8.81. The van der Waals surface area contributed by atoms with Gasteiger partial charge in [-0.15, -0.1) is 24.0 Å². The van der Waals surface area contributed by atoms with Crippen molar-refractivity contribution in [2.45, 2.75) is 20.0 Å². The van der Waals surface area contributed by atoms with E-state index < -0.39 is 0 Å². The Morgan fingerprint density at radius 3 is 2.75 bits per heavy atom. The summed E-state index contributed by atoms with van der Waals surface area (Å²) in [5, 5.41) is 16.5. The number of aromatic nitrogens is 1. The van der Waals surface area contributed by atoms with Crippen molar-refractivity contribution in [3.63, 3.8) is 0 Å². The zero-order valence-corrected chi connectivity index (χ0v) is 17.8. The molecule has 0 aliphatic heterocycles. The average Bonchev–Trinajstić information content (AvgIpc) is 2.71. The van der Waals surface area contributed by atoms with Gasteiger partial charge >= 0.3 is 0 Å². The second kappa shape index (κ2) is 10.6. The Morgan fingerprint density at radius 1 is 1.14 bits per heavy atom. The molecule has 0 bridgehead atoms. The molecule has 0 spiro atoms. The maximum Gasteiger partial charge on any atom is 0.191 e. The van der Waals surface area contributed by atoms with Crippen LogP contribution in [0.3, 0.4) is 0 Å². The minimum Gasteiger partial charge on any atom is -0.357 e. The number of halogens is 2. The Labute approximate surface area is 180 Å². The van der Waals surface area contributed by atoms with Crippen molar-refractivity contribution in [1.82, 2.24) is 15.6 Å². The number of benzene rings is 2. The smallest absolute Gasteiger partial charge is 0.191 e. The summed E-state index contributed by atoms with van der Waals surface area (Å²) in [7, 11) is 0. The molecule has 2 aromatic carbocycles. The van der Waals surface area contributed by atoms with E-state index in [-0.39, 0.29) is 36.3 Å². The zero-order chi connectivity index (χ0) is 19.1. The van der Waals surface area contributed by atoms with Crippen LogP contribution in [0.25, 0.3) is 10.9 Å². The Bertz CT molecular complexity index is 1010. The largest absolute Gasteiger partial charge is 0.357 e. The van der Waals surface area contributed by atoms with E-state index in [1.54, 1.807) is 6.20 Å². The third-order valence-electron chi connectivity index (χ3n) is 4.11. The second-order valence-corrected chi connectivity index (χ2v) is 5.95. The molecule has 5 nitrogen and oxygen atoms in total. The molecule has 3 rings (SSSR count). The predicted molar refractivity (Wildman–Crippen MR) is 120 cm³/mol. The highest BCUT2D eigenvalue weighted by Crippen LogP contribution is 2.16. The van der Waals surface area contributed by atoms with Crippen LogP contribution in [0, 0.1) is 17.1 Å². The van der Waals surface area contributed by atoms with Crippen molar-refractivity contribution in [2.75, 3.05) is 6.54 Å². The van der Waals surface area contributed by atoms with E-state index in [0.717, 1.165) is 16.5 Å². The minimum absolute atomic E-state index is 0. The van der Waals surface area contributed by atoms with E-state index in [1.165, 1.54) is 18.2 Å². The predicted octanol–water partition coefficient (Wildman–Crippen LogP) is 4.12. The highest BCUT2D eigenvalue weighted by atomic mass is 127. The minimum atomic E-state index is -0.367. The van der Waals surface area contributed by atoms with E-state index in [9.17, 15) is 4.39 Å². The van der Waals surface area contributed by atoms with Gasteiger partial charge in [-0.05, 0) is 42.8 Å². The maximum atomic E-state index is 13.9. The van der Waals surface area contributed by atoms with Crippen LogP contribution in [0.1, 0.15) is 23.6 Å². The standard InChI is InChI=1S/C21H20FN5.HI/c1-2-24-21(27-14-17-11-15(12-23)7-8-19(17)22)26-13-16-9-10-25-20-6-4-3-5-18(16)20;/h3-11H,2,13-14H2,1H3,(H2,24,26,27);1H. The van der Waals surface area contributed by atoms with Crippen LogP contribution in [-0.4, -0.2) is 17.5 Å². The first-order valence-corrected chi connectivity index (χ1v) is 8.74. The van der Waals surface area contributed by atoms with Gasteiger partial charge in [0.05, 0.1) is 23.7 Å². The fraction of sp³-hybridized carbons (Fsp3) is 0.190. The molecule has 0 aliphatic carbocycles. The number of rotatable bonds is 5. The normalized spacial score (nSPS) is 10.8. The van der Waals surface area contributed by atoms with E-state index in [2.05, 4.69) is 20.6 Å². The molecule has 0 aliphatic rings. The monoisotopic (exact) mass is 489 g/mol. The van der Waals surface area contributed by atoms with Crippen molar-refractivity contribution in [3.8, 4) is 6.07 Å². The molecule has 0 unspecified atom stereocenters. The van der Waals surface area contributed by atoms with Gasteiger partial charge in [-0.3, -0.25) is 4.98 Å². The molecule has 0 fully saturated rings. The molecule has 28 heavy (non-hydrogen) atoms. The lowest BCUT2D eigenvalue weighted by Crippen LogP contribution is -2.36. The number of pyridine rings is 1. The number of hydrogen-bond acceptors (Lipinski definition) is 3. The van der Waals surface area contributed by atoms with Crippen molar-refractivity contribution in [1.29, 1.82) is 5.26 Å². The number of para-hydroxylation sites is 1. The summed E-state index contributed by atoms with van der Waals surface area (Å²) in [6.07, 6.45) is 1.78. The summed E-state index contributed by atoms with van der Waals surface area (Å²) in [5.41, 5.74) is 2.85. The fourth-order valence-corrected chi connectivity index (χ4v) is 2.76. The summed E-state index contributed by atoms with van der Waals surface area (Å²) in [6, 6.07) is 16.2. The molecule has 2 N–H and O–H groups in total. The number of fused-ring (bicyclic) bond motifs is 1. The number of nitrogens with zero attached hydrogens (tertiary/aromatic N) is 3.